The van der Waals surface area contributed by atoms with Crippen molar-refractivity contribution in [2.45, 2.75) is 0 Å². The normalized spacial score (nSPS) is 9.94. The van der Waals surface area contributed by atoms with E-state index in [1.165, 1.54) is 5.56 Å². The van der Waals surface area contributed by atoms with Gasteiger partial charge in [-0.3, -0.25) is 0 Å². The molecule has 0 saturated heterocycles. The van der Waals surface area contributed by atoms with E-state index in [0.29, 0.717) is 17.2 Å². The van der Waals surface area contributed by atoms with Crippen LogP contribution >= 0.6 is 0 Å². The number of hydrogen-bond donors (Lipinski definition) is 1. The molecule has 0 atom stereocenters. The van der Waals surface area contributed by atoms with Gasteiger partial charge in [-0.05, 0) is 59.7 Å². The maximum atomic E-state index is 9.10. The Morgan fingerprint density at radius 2 is 0.727 bits per heavy atom. The number of phenols is 1. The van der Waals surface area contributed by atoms with E-state index in [1.807, 2.05) is 127 Å². The van der Waals surface area contributed by atoms with Crippen LogP contribution in [0.15, 0.2) is 140 Å². The number of rotatable bonds is 5. The van der Waals surface area contributed by atoms with Gasteiger partial charge in [0.1, 0.15) is 17.2 Å². The van der Waals surface area contributed by atoms with Crippen molar-refractivity contribution in [3.8, 4) is 39.9 Å². The Morgan fingerprint density at radius 3 is 1.18 bits per heavy atom. The summed E-state index contributed by atoms with van der Waals surface area (Å²) in [5.74, 6) is 3.28. The molecule has 0 radical (unpaired) electrons. The summed E-state index contributed by atoms with van der Waals surface area (Å²) in [5, 5.41) is 9.10. The van der Waals surface area contributed by atoms with Crippen molar-refractivity contribution in [1.82, 2.24) is 0 Å². The lowest BCUT2D eigenvalue weighted by Gasteiger charge is -2.11. The molecule has 5 rings (SSSR count). The number of ether oxygens (including phenoxy) is 2. The van der Waals surface area contributed by atoms with E-state index in [4.69, 9.17) is 14.6 Å². The minimum Gasteiger partial charge on any atom is -0.508 e. The summed E-state index contributed by atoms with van der Waals surface area (Å²) in [6.45, 7) is 0. The molecule has 5 aromatic carbocycles. The third-order valence-electron chi connectivity index (χ3n) is 4.77. The highest BCUT2D eigenvalue weighted by Crippen LogP contribution is 2.34. The minimum atomic E-state index is 0.305. The Balaban J connectivity index is 0.000000172. The lowest BCUT2D eigenvalue weighted by Crippen LogP contribution is -1.89. The largest absolute Gasteiger partial charge is 0.508 e. The number of phenolic OH excluding ortho intramolecular Hbond substituents is 1. The minimum absolute atomic E-state index is 0.305. The van der Waals surface area contributed by atoms with Crippen molar-refractivity contribution in [3.05, 3.63) is 140 Å². The van der Waals surface area contributed by atoms with Crippen molar-refractivity contribution in [3.63, 3.8) is 0 Å². The maximum Gasteiger partial charge on any atom is 0.169 e. The zero-order chi connectivity index (χ0) is 22.7. The topological polar surface area (TPSA) is 38.7 Å². The highest BCUT2D eigenvalue weighted by molar-refractivity contribution is 5.63. The standard InChI is InChI=1S/C18H14O2.C12H10O/c1-3-9-15(10-4-1)19-17-13-7-8-14-18(17)20-16-11-5-2-6-12-16;13-12-8-6-11(7-9-12)10-4-2-1-3-5-10/h1-14H;1-9,13H. The predicted molar refractivity (Wildman–Crippen MR) is 133 cm³/mol. The smallest absolute Gasteiger partial charge is 0.169 e. The second-order valence-electron chi connectivity index (χ2n) is 7.19. The number of aromatic hydroxyl groups is 1. The summed E-state index contributed by atoms with van der Waals surface area (Å²) in [6, 6.07) is 44.3. The summed E-state index contributed by atoms with van der Waals surface area (Å²) in [5.41, 5.74) is 2.29. The molecular weight excluding hydrogens is 408 g/mol. The van der Waals surface area contributed by atoms with Gasteiger partial charge in [-0.25, -0.2) is 0 Å². The Bertz CT molecular complexity index is 1180. The Hall–Kier alpha value is -4.50. The van der Waals surface area contributed by atoms with Crippen LogP contribution in [0.5, 0.6) is 28.7 Å². The van der Waals surface area contributed by atoms with E-state index in [9.17, 15) is 0 Å². The maximum absolute atomic E-state index is 9.10. The SMILES string of the molecule is Oc1ccc(-c2ccccc2)cc1.c1ccc(Oc2ccccc2Oc2ccccc2)cc1. The third kappa shape index (κ3) is 6.49. The summed E-state index contributed by atoms with van der Waals surface area (Å²) in [7, 11) is 0. The average Bonchev–Trinajstić information content (AvgIpc) is 2.88. The lowest BCUT2D eigenvalue weighted by atomic mass is 10.1. The first-order valence-electron chi connectivity index (χ1n) is 10.7. The Kier molecular flexibility index (Phi) is 7.38. The third-order valence-corrected chi connectivity index (χ3v) is 4.77. The molecule has 0 aliphatic rings. The summed E-state index contributed by atoms with van der Waals surface area (Å²) < 4.78 is 11.7. The zero-order valence-corrected chi connectivity index (χ0v) is 18.0. The second kappa shape index (κ2) is 11.2. The van der Waals surface area contributed by atoms with Crippen LogP contribution in [0.25, 0.3) is 11.1 Å². The van der Waals surface area contributed by atoms with Gasteiger partial charge in [0, 0.05) is 0 Å². The summed E-state index contributed by atoms with van der Waals surface area (Å²) in [4.78, 5) is 0. The van der Waals surface area contributed by atoms with E-state index in [1.54, 1.807) is 12.1 Å². The van der Waals surface area contributed by atoms with Gasteiger partial charge in [-0.15, -0.1) is 0 Å². The fourth-order valence-electron chi connectivity index (χ4n) is 3.13. The first-order valence-corrected chi connectivity index (χ1v) is 10.7. The van der Waals surface area contributed by atoms with Crippen LogP contribution in [0.3, 0.4) is 0 Å². The van der Waals surface area contributed by atoms with Gasteiger partial charge < -0.3 is 14.6 Å². The van der Waals surface area contributed by atoms with E-state index in [2.05, 4.69) is 0 Å². The molecule has 1 N–H and O–H groups in total. The molecule has 162 valence electrons. The molecule has 33 heavy (non-hydrogen) atoms. The molecule has 0 amide bonds. The van der Waals surface area contributed by atoms with Crippen LogP contribution < -0.4 is 9.47 Å². The van der Waals surface area contributed by atoms with Gasteiger partial charge in [0.25, 0.3) is 0 Å². The van der Waals surface area contributed by atoms with E-state index in [-0.39, 0.29) is 0 Å². The predicted octanol–water partition coefficient (Wildman–Crippen LogP) is 8.33. The first-order chi connectivity index (χ1) is 16.3. The summed E-state index contributed by atoms with van der Waals surface area (Å²) in [6.07, 6.45) is 0. The van der Waals surface area contributed by atoms with E-state index >= 15 is 0 Å². The monoisotopic (exact) mass is 432 g/mol. The van der Waals surface area contributed by atoms with Gasteiger partial charge in [0.05, 0.1) is 0 Å². The molecule has 3 nitrogen and oxygen atoms in total. The van der Waals surface area contributed by atoms with Crippen LogP contribution in [0.1, 0.15) is 0 Å². The van der Waals surface area contributed by atoms with Crippen LogP contribution in [0, 0.1) is 0 Å². The fourth-order valence-corrected chi connectivity index (χ4v) is 3.13. The molecule has 0 unspecified atom stereocenters. The fraction of sp³-hybridized carbons (Fsp3) is 0. The molecule has 0 aliphatic heterocycles. The molecule has 0 heterocycles. The van der Waals surface area contributed by atoms with Crippen molar-refractivity contribution in [1.29, 1.82) is 0 Å². The molecule has 0 fully saturated rings. The van der Waals surface area contributed by atoms with Crippen molar-refractivity contribution in [2.75, 3.05) is 0 Å². The zero-order valence-electron chi connectivity index (χ0n) is 18.0. The number of benzene rings is 5. The first kappa shape index (κ1) is 21.7. The highest BCUT2D eigenvalue weighted by Gasteiger charge is 2.06. The molecule has 0 aliphatic carbocycles. The van der Waals surface area contributed by atoms with E-state index < -0.39 is 0 Å². The molecule has 0 spiro atoms. The molecular formula is C30H24O3. The molecule has 0 bridgehead atoms. The van der Waals surface area contributed by atoms with Crippen molar-refractivity contribution in [2.24, 2.45) is 0 Å². The molecule has 0 aromatic heterocycles. The average molecular weight is 433 g/mol. The highest BCUT2D eigenvalue weighted by atomic mass is 16.5. The molecule has 3 heteroatoms. The lowest BCUT2D eigenvalue weighted by molar-refractivity contribution is 0.419. The Labute approximate surface area is 194 Å². The van der Waals surface area contributed by atoms with Crippen LogP contribution in [0.2, 0.25) is 0 Å². The van der Waals surface area contributed by atoms with E-state index in [0.717, 1.165) is 17.1 Å². The van der Waals surface area contributed by atoms with Gasteiger partial charge in [-0.1, -0.05) is 91.0 Å². The van der Waals surface area contributed by atoms with Gasteiger partial charge in [0.2, 0.25) is 0 Å². The van der Waals surface area contributed by atoms with Crippen LogP contribution in [-0.4, -0.2) is 5.11 Å². The van der Waals surface area contributed by atoms with Gasteiger partial charge in [-0.2, -0.15) is 0 Å². The van der Waals surface area contributed by atoms with Crippen molar-refractivity contribution < 1.29 is 14.6 Å². The van der Waals surface area contributed by atoms with Gasteiger partial charge in [0.15, 0.2) is 11.5 Å². The van der Waals surface area contributed by atoms with Crippen LogP contribution in [-0.2, 0) is 0 Å². The van der Waals surface area contributed by atoms with Gasteiger partial charge >= 0.3 is 0 Å². The Morgan fingerprint density at radius 1 is 0.364 bits per heavy atom. The molecule has 5 aromatic rings. The quantitative estimate of drug-likeness (QED) is 0.303. The van der Waals surface area contributed by atoms with Crippen molar-refractivity contribution >= 4 is 0 Å². The molecule has 0 saturated carbocycles. The summed E-state index contributed by atoms with van der Waals surface area (Å²) >= 11 is 0. The second-order valence-corrected chi connectivity index (χ2v) is 7.19. The van der Waals surface area contributed by atoms with Crippen LogP contribution in [0.4, 0.5) is 0 Å². The number of hydrogen-bond acceptors (Lipinski definition) is 3. The number of para-hydroxylation sites is 4.